The molecule has 0 bridgehead atoms. The minimum atomic E-state index is -0.514. The Kier molecular flexibility index (Phi) is 7.00. The number of pyridine rings is 1. The highest BCUT2D eigenvalue weighted by Crippen LogP contribution is 2.18. The smallest absolute Gasteiger partial charge is 0.407 e. The minimum Gasteiger partial charge on any atom is -0.444 e. The molecule has 0 saturated heterocycles. The van der Waals surface area contributed by atoms with E-state index in [1.807, 2.05) is 39.8 Å². The van der Waals surface area contributed by atoms with Gasteiger partial charge in [0.1, 0.15) is 5.60 Å². The maximum atomic E-state index is 12.2. The van der Waals surface area contributed by atoms with E-state index in [9.17, 15) is 9.59 Å². The summed E-state index contributed by atoms with van der Waals surface area (Å²) < 4.78 is 5.14. The van der Waals surface area contributed by atoms with Crippen molar-refractivity contribution in [3.05, 3.63) is 30.1 Å². The van der Waals surface area contributed by atoms with Gasteiger partial charge in [-0.2, -0.15) is 0 Å². The average molecular weight is 321 g/mol. The Bertz CT molecular complexity index is 512. The number of aromatic nitrogens is 1. The fraction of sp³-hybridized carbons (Fsp3) is 0.588. The van der Waals surface area contributed by atoms with Crippen LogP contribution in [0.1, 0.15) is 52.1 Å². The van der Waals surface area contributed by atoms with Crippen LogP contribution in [0.3, 0.4) is 0 Å². The molecule has 0 aliphatic heterocycles. The lowest BCUT2D eigenvalue weighted by molar-refractivity contribution is -0.131. The standard InChI is InChI=1S/C17H27N3O3/c1-13(14-8-11-18-12-9-14)20(5)15(21)7-6-10-19-16(22)23-17(2,3)4/h8-9,11-13H,6-7,10H2,1-5H3,(H,19,22). The second-order valence-electron chi connectivity index (χ2n) is 6.49. The van der Waals surface area contributed by atoms with Crippen LogP contribution in [-0.2, 0) is 9.53 Å². The summed E-state index contributed by atoms with van der Waals surface area (Å²) in [5, 5.41) is 2.65. The molecule has 23 heavy (non-hydrogen) atoms. The first kappa shape index (κ1) is 18.9. The van der Waals surface area contributed by atoms with Crippen LogP contribution in [0.25, 0.3) is 0 Å². The lowest BCUT2D eigenvalue weighted by Gasteiger charge is -2.25. The zero-order chi connectivity index (χ0) is 17.5. The first-order chi connectivity index (χ1) is 10.7. The van der Waals surface area contributed by atoms with Crippen molar-refractivity contribution >= 4 is 12.0 Å². The molecule has 0 radical (unpaired) electrons. The van der Waals surface area contributed by atoms with Gasteiger partial charge in [-0.1, -0.05) is 0 Å². The summed E-state index contributed by atoms with van der Waals surface area (Å²) in [6.45, 7) is 7.83. The van der Waals surface area contributed by atoms with E-state index in [2.05, 4.69) is 10.3 Å². The summed E-state index contributed by atoms with van der Waals surface area (Å²) in [4.78, 5) is 29.4. The van der Waals surface area contributed by atoms with E-state index in [4.69, 9.17) is 4.74 Å². The van der Waals surface area contributed by atoms with Gasteiger partial charge < -0.3 is 15.0 Å². The third kappa shape index (κ3) is 7.13. The number of hydrogen-bond donors (Lipinski definition) is 1. The van der Waals surface area contributed by atoms with Gasteiger partial charge in [-0.3, -0.25) is 9.78 Å². The zero-order valence-corrected chi connectivity index (χ0v) is 14.6. The van der Waals surface area contributed by atoms with Crippen molar-refractivity contribution in [1.82, 2.24) is 15.2 Å². The Morgan fingerprint density at radius 3 is 2.48 bits per heavy atom. The van der Waals surface area contributed by atoms with E-state index >= 15 is 0 Å². The first-order valence-electron chi connectivity index (χ1n) is 7.83. The average Bonchev–Trinajstić information content (AvgIpc) is 2.49. The van der Waals surface area contributed by atoms with Gasteiger partial charge in [-0.15, -0.1) is 0 Å². The third-order valence-electron chi connectivity index (χ3n) is 3.40. The van der Waals surface area contributed by atoms with E-state index in [0.717, 1.165) is 5.56 Å². The summed E-state index contributed by atoms with van der Waals surface area (Å²) in [6, 6.07) is 3.79. The van der Waals surface area contributed by atoms with E-state index in [1.165, 1.54) is 0 Å². The number of carbonyl (C=O) groups is 2. The highest BCUT2D eigenvalue weighted by atomic mass is 16.6. The van der Waals surface area contributed by atoms with Crippen LogP contribution in [0.4, 0.5) is 4.79 Å². The van der Waals surface area contributed by atoms with Crippen LogP contribution >= 0.6 is 0 Å². The fourth-order valence-electron chi connectivity index (χ4n) is 2.00. The number of rotatable bonds is 6. The summed E-state index contributed by atoms with van der Waals surface area (Å²) in [5.74, 6) is 0.0419. The van der Waals surface area contributed by atoms with Gasteiger partial charge in [0.15, 0.2) is 0 Å². The Balaban J connectivity index is 2.32. The molecule has 0 fully saturated rings. The molecule has 2 amide bonds. The SMILES string of the molecule is CC(c1ccncc1)N(C)C(=O)CCCNC(=O)OC(C)(C)C. The normalized spacial score (nSPS) is 12.4. The lowest BCUT2D eigenvalue weighted by Crippen LogP contribution is -2.34. The first-order valence-corrected chi connectivity index (χ1v) is 7.83. The van der Waals surface area contributed by atoms with Gasteiger partial charge in [0.25, 0.3) is 0 Å². The molecule has 0 aromatic carbocycles. The molecule has 6 nitrogen and oxygen atoms in total. The number of alkyl carbamates (subject to hydrolysis) is 1. The van der Waals surface area contributed by atoms with Crippen molar-refractivity contribution in [3.8, 4) is 0 Å². The number of carbonyl (C=O) groups excluding carboxylic acids is 2. The molecule has 1 heterocycles. The molecule has 0 aliphatic rings. The van der Waals surface area contributed by atoms with E-state index < -0.39 is 11.7 Å². The minimum absolute atomic E-state index is 0.00989. The van der Waals surface area contributed by atoms with Crippen LogP contribution < -0.4 is 5.32 Å². The predicted molar refractivity (Wildman–Crippen MR) is 88.9 cm³/mol. The molecule has 0 saturated carbocycles. The van der Waals surface area contributed by atoms with Crippen LogP contribution in [-0.4, -0.2) is 41.1 Å². The van der Waals surface area contributed by atoms with E-state index in [-0.39, 0.29) is 11.9 Å². The van der Waals surface area contributed by atoms with Gasteiger partial charge in [-0.25, -0.2) is 4.79 Å². The number of hydrogen-bond acceptors (Lipinski definition) is 4. The molecule has 1 N–H and O–H groups in total. The topological polar surface area (TPSA) is 71.5 Å². The van der Waals surface area contributed by atoms with Gasteiger partial charge in [0.2, 0.25) is 5.91 Å². The molecule has 128 valence electrons. The molecular weight excluding hydrogens is 294 g/mol. The molecule has 1 atom stereocenters. The van der Waals surface area contributed by atoms with Crippen molar-refractivity contribution in [2.24, 2.45) is 0 Å². The maximum absolute atomic E-state index is 12.2. The Morgan fingerprint density at radius 1 is 1.30 bits per heavy atom. The predicted octanol–water partition coefficient (Wildman–Crippen LogP) is 2.91. The van der Waals surface area contributed by atoms with Crippen LogP contribution in [0, 0.1) is 0 Å². The molecule has 1 aromatic rings. The number of ether oxygens (including phenoxy) is 1. The highest BCUT2D eigenvalue weighted by Gasteiger charge is 2.18. The van der Waals surface area contributed by atoms with Crippen molar-refractivity contribution in [1.29, 1.82) is 0 Å². The van der Waals surface area contributed by atoms with Crippen molar-refractivity contribution in [3.63, 3.8) is 0 Å². The number of amides is 2. The van der Waals surface area contributed by atoms with Gasteiger partial charge >= 0.3 is 6.09 Å². The lowest BCUT2D eigenvalue weighted by atomic mass is 10.1. The summed E-state index contributed by atoms with van der Waals surface area (Å²) in [7, 11) is 1.79. The maximum Gasteiger partial charge on any atom is 0.407 e. The summed E-state index contributed by atoms with van der Waals surface area (Å²) >= 11 is 0. The summed E-state index contributed by atoms with van der Waals surface area (Å²) in [6.07, 6.45) is 3.93. The van der Waals surface area contributed by atoms with Crippen molar-refractivity contribution in [2.45, 2.75) is 52.2 Å². The molecule has 0 spiro atoms. The zero-order valence-electron chi connectivity index (χ0n) is 14.6. The quantitative estimate of drug-likeness (QED) is 0.818. The number of nitrogens with one attached hydrogen (secondary N) is 1. The van der Waals surface area contributed by atoms with Crippen molar-refractivity contribution < 1.29 is 14.3 Å². The molecular formula is C17H27N3O3. The van der Waals surface area contributed by atoms with Crippen molar-refractivity contribution in [2.75, 3.05) is 13.6 Å². The van der Waals surface area contributed by atoms with Gasteiger partial charge in [0.05, 0.1) is 6.04 Å². The van der Waals surface area contributed by atoms with Crippen LogP contribution in [0.2, 0.25) is 0 Å². The Hall–Kier alpha value is -2.11. The van der Waals surface area contributed by atoms with Gasteiger partial charge in [-0.05, 0) is 51.8 Å². The second-order valence-corrected chi connectivity index (χ2v) is 6.49. The molecule has 1 unspecified atom stereocenters. The Morgan fingerprint density at radius 2 is 1.91 bits per heavy atom. The van der Waals surface area contributed by atoms with Crippen LogP contribution in [0.5, 0.6) is 0 Å². The highest BCUT2D eigenvalue weighted by molar-refractivity contribution is 5.76. The van der Waals surface area contributed by atoms with Crippen LogP contribution in [0.15, 0.2) is 24.5 Å². The monoisotopic (exact) mass is 321 g/mol. The fourth-order valence-corrected chi connectivity index (χ4v) is 2.00. The van der Waals surface area contributed by atoms with Gasteiger partial charge in [0, 0.05) is 32.4 Å². The third-order valence-corrected chi connectivity index (χ3v) is 3.40. The Labute approximate surface area is 138 Å². The van der Waals surface area contributed by atoms with E-state index in [1.54, 1.807) is 24.3 Å². The molecule has 6 heteroatoms. The number of nitrogens with zero attached hydrogens (tertiary/aromatic N) is 2. The largest absolute Gasteiger partial charge is 0.444 e. The summed E-state index contributed by atoms with van der Waals surface area (Å²) in [5.41, 5.74) is 0.530. The molecule has 1 rings (SSSR count). The molecule has 1 aromatic heterocycles. The van der Waals surface area contributed by atoms with E-state index in [0.29, 0.717) is 19.4 Å². The second kappa shape index (κ2) is 8.50. The molecule has 0 aliphatic carbocycles.